The van der Waals surface area contributed by atoms with Gasteiger partial charge in [-0.1, -0.05) is 15.9 Å². The molecule has 110 valence electrons. The van der Waals surface area contributed by atoms with E-state index in [4.69, 9.17) is 9.47 Å². The minimum atomic E-state index is -0.392. The number of alkyl halides is 1. The van der Waals surface area contributed by atoms with Gasteiger partial charge in [0, 0.05) is 4.83 Å². The van der Waals surface area contributed by atoms with Gasteiger partial charge in [0.2, 0.25) is 0 Å². The third-order valence-electron chi connectivity index (χ3n) is 5.72. The lowest BCUT2D eigenvalue weighted by atomic mass is 9.70. The van der Waals surface area contributed by atoms with Gasteiger partial charge in [-0.3, -0.25) is 0 Å². The Bertz CT molecular complexity index is 386. The highest BCUT2D eigenvalue weighted by Crippen LogP contribution is 2.54. The van der Waals surface area contributed by atoms with Crippen molar-refractivity contribution in [1.82, 2.24) is 0 Å². The molecule has 0 aromatic carbocycles. The number of hydrogen-bond donors (Lipinski definition) is 1. The molecule has 0 aromatic heterocycles. The van der Waals surface area contributed by atoms with E-state index in [1.807, 2.05) is 0 Å². The predicted molar refractivity (Wildman–Crippen MR) is 77.5 cm³/mol. The van der Waals surface area contributed by atoms with Crippen molar-refractivity contribution in [2.45, 2.75) is 87.2 Å². The van der Waals surface area contributed by atoms with E-state index >= 15 is 0 Å². The lowest BCUT2D eigenvalue weighted by Crippen LogP contribution is -2.60. The van der Waals surface area contributed by atoms with E-state index < -0.39 is 5.60 Å². The van der Waals surface area contributed by atoms with E-state index in [-0.39, 0.29) is 28.2 Å². The molecule has 4 heteroatoms. The second kappa shape index (κ2) is 4.19. The second-order valence-electron chi connectivity index (χ2n) is 7.50. The summed E-state index contributed by atoms with van der Waals surface area (Å²) in [6.45, 7) is 8.53. The number of aliphatic hydroxyl groups excluding tert-OH is 1. The van der Waals surface area contributed by atoms with Gasteiger partial charge in [0.1, 0.15) is 0 Å². The maximum Gasteiger partial charge on any atom is 0.0952 e. The Morgan fingerprint density at radius 1 is 1.16 bits per heavy atom. The van der Waals surface area contributed by atoms with Gasteiger partial charge in [-0.05, 0) is 59.3 Å². The molecule has 3 saturated heterocycles. The molecule has 0 spiro atoms. The van der Waals surface area contributed by atoms with E-state index in [0.29, 0.717) is 5.92 Å². The van der Waals surface area contributed by atoms with Crippen molar-refractivity contribution >= 4 is 15.9 Å². The Kier molecular flexibility index (Phi) is 3.15. The molecule has 0 radical (unpaired) electrons. The number of fused-ring (bicyclic) bond motifs is 2. The quantitative estimate of drug-likeness (QED) is 0.693. The van der Waals surface area contributed by atoms with Crippen LogP contribution >= 0.6 is 15.9 Å². The van der Waals surface area contributed by atoms with E-state index in [1.165, 1.54) is 0 Å². The number of ether oxygens (including phenoxy) is 2. The Balaban J connectivity index is 1.99. The highest BCUT2D eigenvalue weighted by atomic mass is 79.9. The van der Waals surface area contributed by atoms with Gasteiger partial charge in [-0.2, -0.15) is 0 Å². The second-order valence-corrected chi connectivity index (χ2v) is 8.60. The van der Waals surface area contributed by atoms with Crippen molar-refractivity contribution in [3.63, 3.8) is 0 Å². The molecule has 1 saturated carbocycles. The van der Waals surface area contributed by atoms with Crippen LogP contribution in [0.4, 0.5) is 0 Å². The van der Waals surface area contributed by atoms with E-state index in [9.17, 15) is 5.11 Å². The maximum absolute atomic E-state index is 10.4. The Labute approximate surface area is 124 Å². The van der Waals surface area contributed by atoms with Crippen molar-refractivity contribution in [2.75, 3.05) is 0 Å². The summed E-state index contributed by atoms with van der Waals surface area (Å²) < 4.78 is 12.9. The molecular formula is C15H25BrO3. The average molecular weight is 333 g/mol. The first-order valence-electron chi connectivity index (χ1n) is 7.37. The standard InChI is InChI=1S/C15H25BrO3/c1-13(2)10(16)8-12-15(4,19-13)9-5-6-14(3,18-12)11(17)7-9/h9-12,17H,5-8H2,1-4H3/t9-,10?,11+,12-,14+,15?/m1/s1. The summed E-state index contributed by atoms with van der Waals surface area (Å²) in [6.07, 6.45) is 3.47. The average Bonchev–Trinajstić information content (AvgIpc) is 2.42. The molecule has 4 rings (SSSR count). The van der Waals surface area contributed by atoms with Crippen LogP contribution in [0.1, 0.15) is 53.4 Å². The number of aliphatic hydroxyl groups is 1. The van der Waals surface area contributed by atoms with Gasteiger partial charge < -0.3 is 14.6 Å². The fourth-order valence-corrected chi connectivity index (χ4v) is 4.59. The molecule has 3 aliphatic heterocycles. The molecule has 19 heavy (non-hydrogen) atoms. The summed E-state index contributed by atoms with van der Waals surface area (Å²) in [5, 5.41) is 10.4. The Hall–Kier alpha value is 0.360. The molecule has 3 heterocycles. The summed E-state index contributed by atoms with van der Waals surface area (Å²) in [7, 11) is 0. The summed E-state index contributed by atoms with van der Waals surface area (Å²) >= 11 is 3.75. The summed E-state index contributed by atoms with van der Waals surface area (Å²) in [5.41, 5.74) is -0.859. The first kappa shape index (κ1) is 14.3. The third kappa shape index (κ3) is 2.02. The van der Waals surface area contributed by atoms with Crippen molar-refractivity contribution < 1.29 is 14.6 Å². The molecule has 2 bridgehead atoms. The summed E-state index contributed by atoms with van der Waals surface area (Å²) in [4.78, 5) is 0.288. The SMILES string of the molecule is CC1(C)OC2(C)[C@@H]3CC[C@](C)(O[C@@H]2CC1Br)[C@@H](O)C3. The van der Waals surface area contributed by atoms with E-state index in [2.05, 4.69) is 43.6 Å². The van der Waals surface area contributed by atoms with Gasteiger partial charge in [-0.15, -0.1) is 0 Å². The van der Waals surface area contributed by atoms with Crippen LogP contribution < -0.4 is 0 Å². The number of hydrogen-bond acceptors (Lipinski definition) is 3. The normalized spacial score (nSPS) is 56.5. The highest BCUT2D eigenvalue weighted by Gasteiger charge is 2.60. The molecular weight excluding hydrogens is 308 g/mol. The van der Waals surface area contributed by atoms with E-state index in [1.54, 1.807) is 0 Å². The molecule has 0 aromatic rings. The zero-order chi connectivity index (χ0) is 14.1. The van der Waals surface area contributed by atoms with Crippen LogP contribution in [0.3, 0.4) is 0 Å². The van der Waals surface area contributed by atoms with Crippen LogP contribution in [0.15, 0.2) is 0 Å². The van der Waals surface area contributed by atoms with Gasteiger partial charge in [0.05, 0.1) is 29.0 Å². The molecule has 3 nitrogen and oxygen atoms in total. The van der Waals surface area contributed by atoms with Crippen LogP contribution in [0.25, 0.3) is 0 Å². The summed E-state index contributed by atoms with van der Waals surface area (Å²) in [6, 6.07) is 0. The van der Waals surface area contributed by atoms with Crippen molar-refractivity contribution in [1.29, 1.82) is 0 Å². The third-order valence-corrected chi connectivity index (χ3v) is 7.20. The Morgan fingerprint density at radius 3 is 2.47 bits per heavy atom. The minimum Gasteiger partial charge on any atom is -0.390 e. The maximum atomic E-state index is 10.4. The lowest BCUT2D eigenvalue weighted by Gasteiger charge is -2.52. The monoisotopic (exact) mass is 332 g/mol. The molecule has 2 unspecified atom stereocenters. The van der Waals surface area contributed by atoms with Gasteiger partial charge >= 0.3 is 0 Å². The zero-order valence-corrected chi connectivity index (χ0v) is 13.9. The van der Waals surface area contributed by atoms with Crippen molar-refractivity contribution in [2.24, 2.45) is 5.92 Å². The topological polar surface area (TPSA) is 38.7 Å². The Morgan fingerprint density at radius 2 is 1.84 bits per heavy atom. The first-order chi connectivity index (χ1) is 8.67. The van der Waals surface area contributed by atoms with Crippen LogP contribution in [0.2, 0.25) is 0 Å². The van der Waals surface area contributed by atoms with Crippen LogP contribution in [-0.4, -0.2) is 38.9 Å². The molecule has 1 aliphatic carbocycles. The smallest absolute Gasteiger partial charge is 0.0952 e. The molecule has 4 fully saturated rings. The van der Waals surface area contributed by atoms with Crippen LogP contribution in [0.5, 0.6) is 0 Å². The van der Waals surface area contributed by atoms with Crippen LogP contribution in [-0.2, 0) is 9.47 Å². The van der Waals surface area contributed by atoms with Crippen molar-refractivity contribution in [3.05, 3.63) is 0 Å². The summed E-state index contributed by atoms with van der Waals surface area (Å²) in [5.74, 6) is 0.391. The predicted octanol–water partition coefficient (Wildman–Crippen LogP) is 3.03. The van der Waals surface area contributed by atoms with Gasteiger partial charge in [0.25, 0.3) is 0 Å². The molecule has 6 atom stereocenters. The van der Waals surface area contributed by atoms with Crippen LogP contribution in [0, 0.1) is 5.92 Å². The highest BCUT2D eigenvalue weighted by molar-refractivity contribution is 9.09. The van der Waals surface area contributed by atoms with E-state index in [0.717, 1.165) is 25.7 Å². The molecule has 4 aliphatic rings. The largest absolute Gasteiger partial charge is 0.390 e. The number of rotatable bonds is 0. The van der Waals surface area contributed by atoms with Gasteiger partial charge in [-0.25, -0.2) is 0 Å². The lowest BCUT2D eigenvalue weighted by molar-refractivity contribution is -0.248. The van der Waals surface area contributed by atoms with Crippen molar-refractivity contribution in [3.8, 4) is 0 Å². The fraction of sp³-hybridized carbons (Fsp3) is 1.00. The fourth-order valence-electron chi connectivity index (χ4n) is 4.16. The number of halogens is 1. The van der Waals surface area contributed by atoms with Gasteiger partial charge in [0.15, 0.2) is 0 Å². The zero-order valence-electron chi connectivity index (χ0n) is 12.3. The molecule has 0 amide bonds. The molecule has 1 N–H and O–H groups in total. The first-order valence-corrected chi connectivity index (χ1v) is 8.29. The minimum absolute atomic E-state index is 0.0690.